The van der Waals surface area contributed by atoms with Crippen molar-refractivity contribution in [2.24, 2.45) is 4.36 Å². The predicted octanol–water partition coefficient (Wildman–Crippen LogP) is 3.61. The molecule has 0 aliphatic heterocycles. The van der Waals surface area contributed by atoms with Gasteiger partial charge in [-0.05, 0) is 38.8 Å². The molecule has 0 aliphatic carbocycles. The van der Waals surface area contributed by atoms with Gasteiger partial charge in [0.1, 0.15) is 5.60 Å². The van der Waals surface area contributed by atoms with Gasteiger partial charge in [-0.1, -0.05) is 12.7 Å². The van der Waals surface area contributed by atoms with Crippen LogP contribution in [0.1, 0.15) is 32.8 Å². The van der Waals surface area contributed by atoms with Gasteiger partial charge >= 0.3 is 6.09 Å². The summed E-state index contributed by atoms with van der Waals surface area (Å²) in [6, 6.07) is 4.07. The van der Waals surface area contributed by atoms with E-state index in [0.29, 0.717) is 23.4 Å². The molecule has 1 rings (SSSR count). The van der Waals surface area contributed by atoms with Gasteiger partial charge in [0.2, 0.25) is 0 Å². The van der Waals surface area contributed by atoms with E-state index >= 15 is 0 Å². The minimum absolute atomic E-state index is 0.0968. The highest BCUT2D eigenvalue weighted by molar-refractivity contribution is 7.93. The molecule has 0 heterocycles. The van der Waals surface area contributed by atoms with Gasteiger partial charge in [-0.2, -0.15) is 0 Å². The summed E-state index contributed by atoms with van der Waals surface area (Å²) in [7, 11) is -2.74. The highest BCUT2D eigenvalue weighted by Gasteiger charge is 2.16. The number of nitro benzene ring substituents is 1. The fraction of sp³-hybridized carbons (Fsp3) is 0.471. The number of hydrogen-bond acceptors (Lipinski definition) is 6. The Morgan fingerprint density at radius 3 is 2.65 bits per heavy atom. The summed E-state index contributed by atoms with van der Waals surface area (Å²) >= 11 is 0. The van der Waals surface area contributed by atoms with Crippen LogP contribution in [0.3, 0.4) is 0 Å². The third-order valence-corrected chi connectivity index (χ3v) is 5.04. The second kappa shape index (κ2) is 8.79. The molecule has 8 nitrogen and oxygen atoms in total. The van der Waals surface area contributed by atoms with Gasteiger partial charge in [-0.3, -0.25) is 10.1 Å². The van der Waals surface area contributed by atoms with Crippen LogP contribution in [0.5, 0.6) is 0 Å². The number of carbonyl (C=O) groups is 1. The maximum atomic E-state index is 12.8. The van der Waals surface area contributed by atoms with Gasteiger partial charge in [-0.15, -0.1) is 0 Å². The summed E-state index contributed by atoms with van der Waals surface area (Å²) in [6.07, 6.45) is 2.87. The molecule has 0 aliphatic rings. The summed E-state index contributed by atoms with van der Waals surface area (Å²) in [6.45, 7) is 9.53. The Balaban J connectivity index is 2.73. The molecule has 1 aromatic rings. The largest absolute Gasteiger partial charge is 0.444 e. The van der Waals surface area contributed by atoms with Crippen molar-refractivity contribution in [2.45, 2.75) is 37.7 Å². The third-order valence-electron chi connectivity index (χ3n) is 3.17. The molecule has 1 unspecified atom stereocenters. The first-order chi connectivity index (χ1) is 12.0. The quantitative estimate of drug-likeness (QED) is 0.439. The van der Waals surface area contributed by atoms with Crippen molar-refractivity contribution >= 4 is 27.6 Å². The summed E-state index contributed by atoms with van der Waals surface area (Å²) in [4.78, 5) is 22.3. The number of nitrogens with one attached hydrogen (secondary N) is 1. The molecule has 9 heteroatoms. The van der Waals surface area contributed by atoms with Crippen LogP contribution in [-0.4, -0.2) is 40.2 Å². The van der Waals surface area contributed by atoms with E-state index in [2.05, 4.69) is 16.3 Å². The molecule has 0 aromatic heterocycles. The first-order valence-corrected chi connectivity index (χ1v) is 9.94. The average Bonchev–Trinajstić information content (AvgIpc) is 2.52. The molecule has 0 saturated heterocycles. The van der Waals surface area contributed by atoms with E-state index in [1.165, 1.54) is 30.5 Å². The fourth-order valence-electron chi connectivity index (χ4n) is 2.05. The zero-order valence-corrected chi connectivity index (χ0v) is 16.3. The van der Waals surface area contributed by atoms with Crippen LogP contribution in [0.2, 0.25) is 0 Å². The number of ether oxygens (including phenoxy) is 1. The lowest BCUT2D eigenvalue weighted by atomic mass is 10.2. The number of nitro groups is 1. The lowest BCUT2D eigenvalue weighted by Crippen LogP contribution is -2.33. The molecule has 1 atom stereocenters. The molecule has 0 radical (unpaired) electrons. The van der Waals surface area contributed by atoms with Crippen LogP contribution in [0.15, 0.2) is 34.0 Å². The van der Waals surface area contributed by atoms with Crippen molar-refractivity contribution in [1.29, 1.82) is 0 Å². The number of carbonyl (C=O) groups excluding carboxylic acids is 1. The van der Waals surface area contributed by atoms with E-state index < -0.39 is 26.3 Å². The van der Waals surface area contributed by atoms with Crippen LogP contribution in [-0.2, 0) is 14.5 Å². The Bertz CT molecular complexity index is 805. The molecule has 1 amide bonds. The maximum Gasteiger partial charge on any atom is 0.407 e. The summed E-state index contributed by atoms with van der Waals surface area (Å²) in [5, 5.41) is 13.5. The van der Waals surface area contributed by atoms with Gasteiger partial charge in [0.15, 0.2) is 0 Å². The van der Waals surface area contributed by atoms with Gasteiger partial charge in [0, 0.05) is 24.9 Å². The molecule has 0 spiro atoms. The highest BCUT2D eigenvalue weighted by Crippen LogP contribution is 2.24. The number of benzene rings is 1. The van der Waals surface area contributed by atoms with Crippen LogP contribution in [0.4, 0.5) is 10.5 Å². The first-order valence-electron chi connectivity index (χ1n) is 8.02. The second-order valence-electron chi connectivity index (χ2n) is 6.62. The zero-order chi connectivity index (χ0) is 20.0. The Labute approximate surface area is 154 Å². The lowest BCUT2D eigenvalue weighted by molar-refractivity contribution is -0.384. The maximum absolute atomic E-state index is 12.8. The fourth-order valence-corrected chi connectivity index (χ4v) is 3.56. The average molecular weight is 383 g/mol. The van der Waals surface area contributed by atoms with Gasteiger partial charge < -0.3 is 10.1 Å². The van der Waals surface area contributed by atoms with Crippen molar-refractivity contribution in [2.75, 3.05) is 19.3 Å². The minimum atomic E-state index is -2.74. The van der Waals surface area contributed by atoms with Crippen molar-refractivity contribution in [3.05, 3.63) is 40.5 Å². The first kappa shape index (κ1) is 21.6. The minimum Gasteiger partial charge on any atom is -0.444 e. The van der Waals surface area contributed by atoms with Crippen molar-refractivity contribution in [1.82, 2.24) is 5.32 Å². The molecule has 0 fully saturated rings. The van der Waals surface area contributed by atoms with E-state index in [-0.39, 0.29) is 12.2 Å². The van der Waals surface area contributed by atoms with Gasteiger partial charge in [-0.25, -0.2) is 13.4 Å². The molecule has 1 N–H and O–H groups in total. The molecule has 0 saturated carbocycles. The van der Waals surface area contributed by atoms with Crippen molar-refractivity contribution < 1.29 is 18.7 Å². The lowest BCUT2D eigenvalue weighted by Gasteiger charge is -2.19. The van der Waals surface area contributed by atoms with Crippen LogP contribution < -0.4 is 5.32 Å². The number of nitrogens with zero attached hydrogens (tertiary/aromatic N) is 2. The van der Waals surface area contributed by atoms with E-state index in [1.807, 2.05) is 0 Å². The summed E-state index contributed by atoms with van der Waals surface area (Å²) in [5.74, 6) is 0. The number of amides is 1. The Morgan fingerprint density at radius 2 is 2.12 bits per heavy atom. The third kappa shape index (κ3) is 6.83. The SMILES string of the molecule is C=Cc1cc([N+](=O)[O-])ccc1S(C)(=O)=NCCCNC(=O)OC(C)(C)C. The Kier molecular flexibility index (Phi) is 7.31. The number of alkyl carbamates (subject to hydrolysis) is 1. The summed E-state index contributed by atoms with van der Waals surface area (Å²) < 4.78 is 22.1. The van der Waals surface area contributed by atoms with Crippen molar-refractivity contribution in [3.63, 3.8) is 0 Å². The van der Waals surface area contributed by atoms with Gasteiger partial charge in [0.25, 0.3) is 5.69 Å². The molecular weight excluding hydrogens is 358 g/mol. The number of non-ortho nitro benzene ring substituents is 1. The molecule has 0 bridgehead atoms. The molecular formula is C17H25N3O5S. The van der Waals surface area contributed by atoms with E-state index in [0.717, 1.165) is 0 Å². The van der Waals surface area contributed by atoms with E-state index in [9.17, 15) is 19.1 Å². The Hall–Kier alpha value is -2.42. The summed E-state index contributed by atoms with van der Waals surface area (Å²) in [5.41, 5.74) is -0.244. The molecule has 144 valence electrons. The monoisotopic (exact) mass is 383 g/mol. The van der Waals surface area contributed by atoms with Gasteiger partial charge in [0.05, 0.1) is 26.1 Å². The smallest absolute Gasteiger partial charge is 0.407 e. The predicted molar refractivity (Wildman–Crippen MR) is 102 cm³/mol. The molecule has 1 aromatic carbocycles. The standard InChI is InChI=1S/C17H25N3O5S/c1-6-13-12-14(20(22)23)8-9-15(13)26(5,24)19-11-7-10-18-16(21)25-17(2,3)4/h6,8-9,12H,1,7,10-11H2,2-5H3,(H,18,21). The zero-order valence-electron chi connectivity index (χ0n) is 15.5. The number of rotatable bonds is 7. The topological polar surface area (TPSA) is 111 Å². The van der Waals surface area contributed by atoms with Crippen LogP contribution >= 0.6 is 0 Å². The van der Waals surface area contributed by atoms with Crippen LogP contribution in [0.25, 0.3) is 6.08 Å². The van der Waals surface area contributed by atoms with E-state index in [1.54, 1.807) is 20.8 Å². The highest BCUT2D eigenvalue weighted by atomic mass is 32.2. The van der Waals surface area contributed by atoms with Crippen LogP contribution in [0, 0.1) is 10.1 Å². The second-order valence-corrected chi connectivity index (χ2v) is 8.92. The normalized spacial score (nSPS) is 13.4. The molecule has 26 heavy (non-hydrogen) atoms. The van der Waals surface area contributed by atoms with E-state index in [4.69, 9.17) is 4.74 Å². The Morgan fingerprint density at radius 1 is 1.46 bits per heavy atom. The van der Waals surface area contributed by atoms with Crippen molar-refractivity contribution in [3.8, 4) is 0 Å². The number of hydrogen-bond donors (Lipinski definition) is 1.